The highest BCUT2D eigenvalue weighted by Crippen LogP contribution is 2.39. The van der Waals surface area contributed by atoms with Crippen molar-refractivity contribution in [1.82, 2.24) is 9.80 Å². The fraction of sp³-hybridized carbons (Fsp3) is 0.276. The van der Waals surface area contributed by atoms with Crippen LogP contribution in [0.15, 0.2) is 90.0 Å². The summed E-state index contributed by atoms with van der Waals surface area (Å²) in [5, 5.41) is 0. The number of rotatable bonds is 5. The Morgan fingerprint density at radius 2 is 1.66 bits per heavy atom. The highest BCUT2D eigenvalue weighted by atomic mass is 16.5. The molecule has 0 radical (unpaired) electrons. The summed E-state index contributed by atoms with van der Waals surface area (Å²) in [6.45, 7) is 6.62. The lowest BCUT2D eigenvalue weighted by Crippen LogP contribution is -2.47. The Hall–Kier alpha value is -3.77. The number of carbonyl (C=O) groups excluding carboxylic acids is 2. The van der Waals surface area contributed by atoms with Gasteiger partial charge in [-0.05, 0) is 66.1 Å². The molecule has 0 N–H and O–H groups in total. The molecule has 2 aromatic rings. The molecule has 178 valence electrons. The van der Waals surface area contributed by atoms with Crippen LogP contribution in [-0.4, -0.2) is 65.7 Å². The monoisotopic (exact) mass is 467 g/mol. The topological polar surface area (TPSA) is 62.2 Å². The van der Waals surface area contributed by atoms with Gasteiger partial charge in [-0.25, -0.2) is 9.79 Å². The molecule has 0 atom stereocenters. The molecule has 2 heterocycles. The maximum atomic E-state index is 11.9. The van der Waals surface area contributed by atoms with Gasteiger partial charge in [0.1, 0.15) is 11.4 Å². The highest BCUT2D eigenvalue weighted by Gasteiger charge is 2.37. The number of nitrogens with zero attached hydrogens (tertiary/aromatic N) is 3. The molecule has 5 rings (SSSR count). The number of hydrogen-bond donors (Lipinski definition) is 0. The lowest BCUT2D eigenvalue weighted by molar-refractivity contribution is -0.110. The molecule has 1 saturated heterocycles. The molecule has 1 aliphatic carbocycles. The standard InChI is InChI=1S/C29H29N3O3/c1-2-35-28(34)24-10-8-22(9-11-24)21-31-16-18-32(19-17-31)27-20-26(23-6-4-3-5-7-23)29(30-27)14-12-25(33)13-15-29/h3-15,20H,2,16-19,21H2,1H3. The van der Waals surface area contributed by atoms with Crippen LogP contribution in [0.4, 0.5) is 0 Å². The van der Waals surface area contributed by atoms with Crippen LogP contribution in [0.2, 0.25) is 0 Å². The first-order valence-electron chi connectivity index (χ1n) is 12.1. The Labute approximate surface area is 205 Å². The second-order valence-corrected chi connectivity index (χ2v) is 8.97. The zero-order valence-electron chi connectivity index (χ0n) is 19.9. The molecule has 0 amide bonds. The van der Waals surface area contributed by atoms with Gasteiger partial charge in [0.15, 0.2) is 5.78 Å². The number of piperazine rings is 1. The van der Waals surface area contributed by atoms with E-state index < -0.39 is 5.54 Å². The molecular formula is C29H29N3O3. The van der Waals surface area contributed by atoms with Crippen LogP contribution in [0.1, 0.15) is 28.4 Å². The summed E-state index contributed by atoms with van der Waals surface area (Å²) in [6.07, 6.45) is 9.24. The molecular weight excluding hydrogens is 438 g/mol. The lowest BCUT2D eigenvalue weighted by Gasteiger charge is -2.35. The molecule has 0 saturated carbocycles. The zero-order chi connectivity index (χ0) is 24.3. The Morgan fingerprint density at radius 1 is 0.971 bits per heavy atom. The Bertz CT molecular complexity index is 1200. The van der Waals surface area contributed by atoms with E-state index in [9.17, 15) is 9.59 Å². The van der Waals surface area contributed by atoms with E-state index in [1.807, 2.05) is 61.5 Å². The molecule has 2 aromatic carbocycles. The maximum absolute atomic E-state index is 11.9. The maximum Gasteiger partial charge on any atom is 0.338 e. The van der Waals surface area contributed by atoms with Crippen molar-refractivity contribution in [3.05, 3.63) is 102 Å². The van der Waals surface area contributed by atoms with E-state index in [0.717, 1.165) is 49.7 Å². The number of ketones is 1. The third-order valence-corrected chi connectivity index (χ3v) is 6.66. The Balaban J connectivity index is 1.26. The summed E-state index contributed by atoms with van der Waals surface area (Å²) in [4.78, 5) is 33.5. The van der Waals surface area contributed by atoms with Crippen molar-refractivity contribution in [2.75, 3.05) is 32.8 Å². The van der Waals surface area contributed by atoms with E-state index in [4.69, 9.17) is 9.73 Å². The minimum atomic E-state index is -0.623. The zero-order valence-corrected chi connectivity index (χ0v) is 19.9. The predicted octanol–water partition coefficient (Wildman–Crippen LogP) is 3.91. The molecule has 1 fully saturated rings. The van der Waals surface area contributed by atoms with Gasteiger partial charge >= 0.3 is 5.97 Å². The minimum absolute atomic E-state index is 0.00408. The predicted molar refractivity (Wildman–Crippen MR) is 137 cm³/mol. The van der Waals surface area contributed by atoms with Gasteiger partial charge in [0, 0.05) is 32.7 Å². The van der Waals surface area contributed by atoms with Crippen molar-refractivity contribution in [2.24, 2.45) is 4.99 Å². The van der Waals surface area contributed by atoms with Crippen LogP contribution >= 0.6 is 0 Å². The van der Waals surface area contributed by atoms with Gasteiger partial charge < -0.3 is 9.64 Å². The van der Waals surface area contributed by atoms with Crippen LogP contribution < -0.4 is 0 Å². The van der Waals surface area contributed by atoms with Crippen LogP contribution in [0.5, 0.6) is 0 Å². The summed E-state index contributed by atoms with van der Waals surface area (Å²) in [5.74, 6) is 0.680. The SMILES string of the molecule is CCOC(=O)c1ccc(CN2CCN(C3=NC4(C=CC(=O)C=C4)C(c4ccccc4)=C3)CC2)cc1. The van der Waals surface area contributed by atoms with Gasteiger partial charge in [-0.3, -0.25) is 9.69 Å². The first kappa shape index (κ1) is 23.0. The summed E-state index contributed by atoms with van der Waals surface area (Å²) >= 11 is 0. The average molecular weight is 468 g/mol. The molecule has 6 heteroatoms. The Kier molecular flexibility index (Phi) is 6.47. The average Bonchev–Trinajstić information content (AvgIpc) is 3.26. The summed E-state index contributed by atoms with van der Waals surface area (Å²) in [7, 11) is 0. The molecule has 6 nitrogen and oxygen atoms in total. The number of allylic oxidation sites excluding steroid dienone is 2. The summed E-state index contributed by atoms with van der Waals surface area (Å²) in [5.41, 5.74) is 3.35. The molecule has 0 unspecified atom stereocenters. The summed E-state index contributed by atoms with van der Waals surface area (Å²) in [6, 6.07) is 17.9. The smallest absolute Gasteiger partial charge is 0.338 e. The largest absolute Gasteiger partial charge is 0.462 e. The van der Waals surface area contributed by atoms with E-state index in [-0.39, 0.29) is 11.8 Å². The van der Waals surface area contributed by atoms with Crippen molar-refractivity contribution < 1.29 is 14.3 Å². The second kappa shape index (κ2) is 9.84. The van der Waals surface area contributed by atoms with Crippen LogP contribution in [0, 0.1) is 0 Å². The van der Waals surface area contributed by atoms with E-state index >= 15 is 0 Å². The number of benzene rings is 2. The molecule has 3 aliphatic rings. The first-order valence-corrected chi connectivity index (χ1v) is 12.1. The van der Waals surface area contributed by atoms with E-state index in [2.05, 4.69) is 28.0 Å². The number of hydrogen-bond acceptors (Lipinski definition) is 6. The van der Waals surface area contributed by atoms with Crippen LogP contribution in [-0.2, 0) is 16.1 Å². The second-order valence-electron chi connectivity index (χ2n) is 8.97. The molecule has 35 heavy (non-hydrogen) atoms. The third-order valence-electron chi connectivity index (χ3n) is 6.66. The first-order chi connectivity index (χ1) is 17.1. The van der Waals surface area contributed by atoms with Gasteiger partial charge in [0.2, 0.25) is 0 Å². The number of amidine groups is 1. The fourth-order valence-electron chi connectivity index (χ4n) is 4.76. The number of ether oxygens (including phenoxy) is 1. The highest BCUT2D eigenvalue weighted by molar-refractivity contribution is 6.09. The number of esters is 1. The van der Waals surface area contributed by atoms with Crippen molar-refractivity contribution in [3.63, 3.8) is 0 Å². The van der Waals surface area contributed by atoms with Crippen molar-refractivity contribution >= 4 is 23.2 Å². The van der Waals surface area contributed by atoms with Gasteiger partial charge in [0.05, 0.1) is 12.2 Å². The number of carbonyl (C=O) groups is 2. The Morgan fingerprint density at radius 3 is 2.31 bits per heavy atom. The molecule has 0 aromatic heterocycles. The molecule has 2 aliphatic heterocycles. The third kappa shape index (κ3) is 4.88. The van der Waals surface area contributed by atoms with Gasteiger partial charge in [-0.1, -0.05) is 42.5 Å². The lowest BCUT2D eigenvalue weighted by atomic mass is 9.83. The summed E-state index contributed by atoms with van der Waals surface area (Å²) < 4.78 is 5.07. The normalized spacial score (nSPS) is 19.1. The van der Waals surface area contributed by atoms with Crippen LogP contribution in [0.25, 0.3) is 5.57 Å². The molecule has 1 spiro atoms. The van der Waals surface area contributed by atoms with Crippen molar-refractivity contribution in [1.29, 1.82) is 0 Å². The van der Waals surface area contributed by atoms with E-state index in [1.54, 1.807) is 12.2 Å². The van der Waals surface area contributed by atoms with Gasteiger partial charge in [-0.15, -0.1) is 0 Å². The fourth-order valence-corrected chi connectivity index (χ4v) is 4.76. The van der Waals surface area contributed by atoms with Gasteiger partial charge in [-0.2, -0.15) is 0 Å². The van der Waals surface area contributed by atoms with Gasteiger partial charge in [0.25, 0.3) is 0 Å². The van der Waals surface area contributed by atoms with Crippen LogP contribution in [0.3, 0.4) is 0 Å². The number of aliphatic imine (C=N–C) groups is 1. The minimum Gasteiger partial charge on any atom is -0.462 e. The van der Waals surface area contributed by atoms with E-state index in [1.165, 1.54) is 5.56 Å². The van der Waals surface area contributed by atoms with Crippen molar-refractivity contribution in [3.8, 4) is 0 Å². The molecule has 0 bridgehead atoms. The van der Waals surface area contributed by atoms with E-state index in [0.29, 0.717) is 12.2 Å². The quantitative estimate of drug-likeness (QED) is 0.624. The van der Waals surface area contributed by atoms with Crippen molar-refractivity contribution in [2.45, 2.75) is 19.0 Å².